The summed E-state index contributed by atoms with van der Waals surface area (Å²) in [6.45, 7) is 5.89. The summed E-state index contributed by atoms with van der Waals surface area (Å²) in [5.74, 6) is 0.0571. The van der Waals surface area contributed by atoms with Crippen LogP contribution in [-0.4, -0.2) is 59.5 Å². The number of likely N-dealkylation sites (tertiary alicyclic amines) is 1. The Bertz CT molecular complexity index is 588. The summed E-state index contributed by atoms with van der Waals surface area (Å²) in [4.78, 5) is 27.7. The van der Waals surface area contributed by atoms with Gasteiger partial charge in [0, 0.05) is 25.6 Å². The van der Waals surface area contributed by atoms with Crippen LogP contribution < -0.4 is 0 Å². The predicted octanol–water partition coefficient (Wildman–Crippen LogP) is 3.21. The van der Waals surface area contributed by atoms with Gasteiger partial charge in [0.2, 0.25) is 5.91 Å². The van der Waals surface area contributed by atoms with Gasteiger partial charge in [-0.05, 0) is 43.7 Å². The van der Waals surface area contributed by atoms with Gasteiger partial charge in [-0.1, -0.05) is 44.2 Å². The van der Waals surface area contributed by atoms with Crippen molar-refractivity contribution in [2.24, 2.45) is 5.92 Å². The minimum atomic E-state index is -0.799. The van der Waals surface area contributed by atoms with Crippen molar-refractivity contribution in [1.29, 1.82) is 0 Å². The molecule has 26 heavy (non-hydrogen) atoms. The third-order valence-corrected chi connectivity index (χ3v) is 5.49. The Kier molecular flexibility index (Phi) is 7.64. The van der Waals surface area contributed by atoms with Crippen molar-refractivity contribution in [1.82, 2.24) is 9.80 Å². The minimum absolute atomic E-state index is 0.0576. The number of rotatable bonds is 7. The van der Waals surface area contributed by atoms with Crippen LogP contribution in [0.15, 0.2) is 30.3 Å². The van der Waals surface area contributed by atoms with E-state index in [0.717, 1.165) is 25.8 Å². The highest BCUT2D eigenvalue weighted by molar-refractivity contribution is 5.77. The fraction of sp³-hybridized carbons (Fsp3) is 0.619. The van der Waals surface area contributed by atoms with Crippen molar-refractivity contribution >= 4 is 11.9 Å². The molecule has 0 aliphatic carbocycles. The molecular formula is C21H32N2O3. The van der Waals surface area contributed by atoms with Crippen LogP contribution >= 0.6 is 0 Å². The summed E-state index contributed by atoms with van der Waals surface area (Å²) >= 11 is 0. The molecule has 2 atom stereocenters. The minimum Gasteiger partial charge on any atom is -0.480 e. The molecule has 0 aromatic heterocycles. The summed E-state index contributed by atoms with van der Waals surface area (Å²) in [5.41, 5.74) is 1.23. The standard InChI is InChI=1S/C21H32N2O3/c1-16(2)19(17-8-5-4-6-9-17)14-20(24)23-12-7-10-18(11-13-23)22(3)15-21(25)26/h4-6,8-9,16,18-19H,7,10-15H2,1-3H3,(H,25,26). The highest BCUT2D eigenvalue weighted by Gasteiger charge is 2.26. The van der Waals surface area contributed by atoms with E-state index in [1.165, 1.54) is 5.56 Å². The lowest BCUT2D eigenvalue weighted by molar-refractivity contribution is -0.138. The average molecular weight is 360 g/mol. The average Bonchev–Trinajstić information content (AvgIpc) is 2.85. The number of benzene rings is 1. The van der Waals surface area contributed by atoms with Crippen molar-refractivity contribution in [2.75, 3.05) is 26.7 Å². The van der Waals surface area contributed by atoms with Gasteiger partial charge in [-0.3, -0.25) is 14.5 Å². The van der Waals surface area contributed by atoms with Crippen molar-refractivity contribution in [3.63, 3.8) is 0 Å². The molecule has 1 amide bonds. The molecule has 1 fully saturated rings. The lowest BCUT2D eigenvalue weighted by Crippen LogP contribution is -2.37. The SMILES string of the molecule is CC(C)C(CC(=O)N1CCCC(N(C)CC(=O)O)CC1)c1ccccc1. The van der Waals surface area contributed by atoms with E-state index in [1.807, 2.05) is 35.0 Å². The summed E-state index contributed by atoms with van der Waals surface area (Å²) in [6.07, 6.45) is 3.25. The highest BCUT2D eigenvalue weighted by Crippen LogP contribution is 2.29. The second-order valence-electron chi connectivity index (χ2n) is 7.74. The van der Waals surface area contributed by atoms with Crippen LogP contribution in [0.3, 0.4) is 0 Å². The van der Waals surface area contributed by atoms with Gasteiger partial charge < -0.3 is 10.0 Å². The number of likely N-dealkylation sites (N-methyl/N-ethyl adjacent to an activating group) is 1. The molecule has 1 aliphatic rings. The van der Waals surface area contributed by atoms with Gasteiger partial charge in [0.1, 0.15) is 0 Å². The first kappa shape index (κ1) is 20.4. The molecule has 5 heteroatoms. The summed E-state index contributed by atoms with van der Waals surface area (Å²) in [5, 5.41) is 8.98. The van der Waals surface area contributed by atoms with Crippen molar-refractivity contribution in [3.05, 3.63) is 35.9 Å². The van der Waals surface area contributed by atoms with Crippen LogP contribution in [0.1, 0.15) is 51.0 Å². The van der Waals surface area contributed by atoms with E-state index in [1.54, 1.807) is 0 Å². The van der Waals surface area contributed by atoms with E-state index in [2.05, 4.69) is 26.0 Å². The molecule has 5 nitrogen and oxygen atoms in total. The second kappa shape index (κ2) is 9.72. The molecule has 1 N–H and O–H groups in total. The molecule has 1 aliphatic heterocycles. The van der Waals surface area contributed by atoms with Gasteiger partial charge in [-0.2, -0.15) is 0 Å². The largest absolute Gasteiger partial charge is 0.480 e. The first-order valence-corrected chi connectivity index (χ1v) is 9.63. The van der Waals surface area contributed by atoms with Gasteiger partial charge in [-0.15, -0.1) is 0 Å². The third kappa shape index (κ3) is 5.84. The van der Waals surface area contributed by atoms with Crippen LogP contribution in [0.5, 0.6) is 0 Å². The Morgan fingerprint density at radius 2 is 1.88 bits per heavy atom. The fourth-order valence-electron chi connectivity index (χ4n) is 3.87. The number of carbonyl (C=O) groups excluding carboxylic acids is 1. The summed E-state index contributed by atoms with van der Waals surface area (Å²) < 4.78 is 0. The third-order valence-electron chi connectivity index (χ3n) is 5.49. The molecule has 1 saturated heterocycles. The summed E-state index contributed by atoms with van der Waals surface area (Å²) in [6, 6.07) is 10.5. The number of carboxylic acids is 1. The highest BCUT2D eigenvalue weighted by atomic mass is 16.4. The van der Waals surface area contributed by atoms with Crippen LogP contribution in [0, 0.1) is 5.92 Å². The number of carboxylic acid groups (broad SMARTS) is 1. The van der Waals surface area contributed by atoms with Crippen LogP contribution in [-0.2, 0) is 9.59 Å². The molecule has 2 rings (SSSR count). The Hall–Kier alpha value is -1.88. The number of hydrogen-bond acceptors (Lipinski definition) is 3. The number of carbonyl (C=O) groups is 2. The van der Waals surface area contributed by atoms with Crippen molar-refractivity contribution < 1.29 is 14.7 Å². The van der Waals surface area contributed by atoms with Gasteiger partial charge in [0.05, 0.1) is 6.54 Å². The van der Waals surface area contributed by atoms with Crippen molar-refractivity contribution in [3.8, 4) is 0 Å². The normalized spacial score (nSPS) is 19.4. The maximum Gasteiger partial charge on any atom is 0.317 e. The zero-order valence-electron chi connectivity index (χ0n) is 16.2. The van der Waals surface area contributed by atoms with Gasteiger partial charge >= 0.3 is 5.97 Å². The molecular weight excluding hydrogens is 328 g/mol. The molecule has 1 heterocycles. The molecule has 144 valence electrons. The maximum atomic E-state index is 12.9. The second-order valence-corrected chi connectivity index (χ2v) is 7.74. The zero-order chi connectivity index (χ0) is 19.1. The van der Waals surface area contributed by atoms with E-state index < -0.39 is 5.97 Å². The Balaban J connectivity index is 1.95. The predicted molar refractivity (Wildman–Crippen MR) is 103 cm³/mol. The monoisotopic (exact) mass is 360 g/mol. The number of amides is 1. The Morgan fingerprint density at radius 1 is 1.19 bits per heavy atom. The van der Waals surface area contributed by atoms with Crippen LogP contribution in [0.25, 0.3) is 0 Å². The number of aliphatic carboxylic acids is 1. The fourth-order valence-corrected chi connectivity index (χ4v) is 3.87. The van der Waals surface area contributed by atoms with Gasteiger partial charge in [0.25, 0.3) is 0 Å². The lowest BCUT2D eigenvalue weighted by Gasteiger charge is -2.27. The quantitative estimate of drug-likeness (QED) is 0.811. The molecule has 1 aromatic rings. The Morgan fingerprint density at radius 3 is 2.50 bits per heavy atom. The van der Waals surface area contributed by atoms with E-state index in [4.69, 9.17) is 5.11 Å². The van der Waals surface area contributed by atoms with Gasteiger partial charge in [0.15, 0.2) is 0 Å². The van der Waals surface area contributed by atoms with E-state index in [9.17, 15) is 9.59 Å². The lowest BCUT2D eigenvalue weighted by atomic mass is 9.85. The van der Waals surface area contributed by atoms with Crippen LogP contribution in [0.2, 0.25) is 0 Å². The molecule has 0 radical (unpaired) electrons. The van der Waals surface area contributed by atoms with Gasteiger partial charge in [-0.25, -0.2) is 0 Å². The number of nitrogens with zero attached hydrogens (tertiary/aromatic N) is 2. The topological polar surface area (TPSA) is 60.9 Å². The smallest absolute Gasteiger partial charge is 0.317 e. The Labute approximate surface area is 157 Å². The zero-order valence-corrected chi connectivity index (χ0v) is 16.2. The van der Waals surface area contributed by atoms with E-state index in [0.29, 0.717) is 18.9 Å². The van der Waals surface area contributed by atoms with Crippen LogP contribution in [0.4, 0.5) is 0 Å². The van der Waals surface area contributed by atoms with Crippen molar-refractivity contribution in [2.45, 2.75) is 51.5 Å². The van der Waals surface area contributed by atoms with E-state index in [-0.39, 0.29) is 24.4 Å². The molecule has 0 saturated carbocycles. The molecule has 2 unspecified atom stereocenters. The summed E-state index contributed by atoms with van der Waals surface area (Å²) in [7, 11) is 1.86. The molecule has 0 spiro atoms. The van der Waals surface area contributed by atoms with E-state index >= 15 is 0 Å². The maximum absolute atomic E-state index is 12.9. The first-order valence-electron chi connectivity index (χ1n) is 9.63. The molecule has 1 aromatic carbocycles. The first-order chi connectivity index (χ1) is 12.4. The molecule has 0 bridgehead atoms. The number of hydrogen-bond donors (Lipinski definition) is 1.